The Morgan fingerprint density at radius 2 is 2.25 bits per heavy atom. The SMILES string of the molecule is CCn1c(-c2sc(-c3ccccn3)nc2C)n[nH]c1=S. The lowest BCUT2D eigenvalue weighted by Gasteiger charge is -2.00. The molecule has 0 saturated heterocycles. The number of hydrogen-bond acceptors (Lipinski definition) is 5. The third-order valence-corrected chi connectivity index (χ3v) is 4.45. The van der Waals surface area contributed by atoms with E-state index >= 15 is 0 Å². The van der Waals surface area contributed by atoms with Crippen molar-refractivity contribution in [2.75, 3.05) is 0 Å². The number of hydrogen-bond donors (Lipinski definition) is 1. The van der Waals surface area contributed by atoms with Gasteiger partial charge >= 0.3 is 0 Å². The number of pyridine rings is 1. The molecule has 0 unspecified atom stereocenters. The van der Waals surface area contributed by atoms with Crippen molar-refractivity contribution in [3.63, 3.8) is 0 Å². The van der Waals surface area contributed by atoms with Crippen molar-refractivity contribution in [3.05, 3.63) is 34.9 Å². The van der Waals surface area contributed by atoms with Crippen LogP contribution in [0.2, 0.25) is 0 Å². The van der Waals surface area contributed by atoms with Crippen molar-refractivity contribution in [1.29, 1.82) is 0 Å². The number of aromatic amines is 1. The summed E-state index contributed by atoms with van der Waals surface area (Å²) in [5.74, 6) is 0.842. The topological polar surface area (TPSA) is 59.4 Å². The van der Waals surface area contributed by atoms with Crippen LogP contribution in [0.3, 0.4) is 0 Å². The van der Waals surface area contributed by atoms with Gasteiger partial charge in [0.25, 0.3) is 0 Å². The Labute approximate surface area is 125 Å². The van der Waals surface area contributed by atoms with E-state index in [1.165, 1.54) is 0 Å². The van der Waals surface area contributed by atoms with Crippen LogP contribution in [0.15, 0.2) is 24.4 Å². The van der Waals surface area contributed by atoms with Gasteiger partial charge in [0, 0.05) is 12.7 Å². The van der Waals surface area contributed by atoms with Crippen molar-refractivity contribution in [3.8, 4) is 21.4 Å². The fourth-order valence-electron chi connectivity index (χ4n) is 1.99. The van der Waals surface area contributed by atoms with E-state index in [1.807, 2.05) is 36.6 Å². The number of aromatic nitrogens is 5. The maximum atomic E-state index is 5.23. The number of nitrogens with one attached hydrogen (secondary N) is 1. The average Bonchev–Trinajstić information content (AvgIpc) is 3.02. The zero-order chi connectivity index (χ0) is 14.1. The van der Waals surface area contributed by atoms with Crippen LogP contribution in [0, 0.1) is 11.7 Å². The van der Waals surface area contributed by atoms with E-state index in [0.29, 0.717) is 4.77 Å². The van der Waals surface area contributed by atoms with Crippen LogP contribution in [0.1, 0.15) is 12.6 Å². The lowest BCUT2D eigenvalue weighted by Crippen LogP contribution is -1.97. The molecule has 0 fully saturated rings. The number of rotatable bonds is 3. The fraction of sp³-hybridized carbons (Fsp3) is 0.231. The predicted molar refractivity (Wildman–Crippen MR) is 82.2 cm³/mol. The summed E-state index contributed by atoms with van der Waals surface area (Å²) in [6.07, 6.45) is 1.77. The van der Waals surface area contributed by atoms with Crippen molar-refractivity contribution in [2.45, 2.75) is 20.4 Å². The highest BCUT2D eigenvalue weighted by atomic mass is 32.1. The van der Waals surface area contributed by atoms with Gasteiger partial charge in [0.1, 0.15) is 5.01 Å². The van der Waals surface area contributed by atoms with Crippen LogP contribution in [0.25, 0.3) is 21.4 Å². The van der Waals surface area contributed by atoms with Crippen LogP contribution >= 0.6 is 23.6 Å². The molecule has 3 aromatic heterocycles. The highest BCUT2D eigenvalue weighted by Crippen LogP contribution is 2.33. The zero-order valence-corrected chi connectivity index (χ0v) is 12.8. The number of H-pyrrole nitrogens is 1. The first kappa shape index (κ1) is 13.1. The van der Waals surface area contributed by atoms with Crippen LogP contribution in [-0.4, -0.2) is 24.7 Å². The van der Waals surface area contributed by atoms with Gasteiger partial charge in [0.15, 0.2) is 10.6 Å². The van der Waals surface area contributed by atoms with Gasteiger partial charge < -0.3 is 0 Å². The van der Waals surface area contributed by atoms with Crippen LogP contribution < -0.4 is 0 Å². The molecular formula is C13H13N5S2. The van der Waals surface area contributed by atoms with E-state index in [4.69, 9.17) is 12.2 Å². The van der Waals surface area contributed by atoms with Crippen LogP contribution in [0.4, 0.5) is 0 Å². The van der Waals surface area contributed by atoms with E-state index in [-0.39, 0.29) is 0 Å². The van der Waals surface area contributed by atoms with Gasteiger partial charge in [-0.2, -0.15) is 5.10 Å². The highest BCUT2D eigenvalue weighted by molar-refractivity contribution is 7.71. The monoisotopic (exact) mass is 303 g/mol. The summed E-state index contributed by atoms with van der Waals surface area (Å²) in [6.45, 7) is 4.81. The second-order valence-electron chi connectivity index (χ2n) is 4.25. The minimum Gasteiger partial charge on any atom is -0.300 e. The van der Waals surface area contributed by atoms with Gasteiger partial charge in [0.05, 0.1) is 16.3 Å². The smallest absolute Gasteiger partial charge is 0.195 e. The molecule has 0 saturated carbocycles. The molecule has 3 aromatic rings. The average molecular weight is 303 g/mol. The molecule has 20 heavy (non-hydrogen) atoms. The van der Waals surface area contributed by atoms with E-state index in [9.17, 15) is 0 Å². The number of nitrogens with zero attached hydrogens (tertiary/aromatic N) is 4. The van der Waals surface area contributed by atoms with Crippen LogP contribution in [-0.2, 0) is 6.54 Å². The van der Waals surface area contributed by atoms with Crippen molar-refractivity contribution in [1.82, 2.24) is 24.7 Å². The fourth-order valence-corrected chi connectivity index (χ4v) is 3.29. The van der Waals surface area contributed by atoms with Crippen LogP contribution in [0.5, 0.6) is 0 Å². The molecule has 1 N–H and O–H groups in total. The lowest BCUT2D eigenvalue weighted by atomic mass is 10.3. The molecule has 3 heterocycles. The highest BCUT2D eigenvalue weighted by Gasteiger charge is 2.16. The molecule has 0 amide bonds. The molecule has 0 bridgehead atoms. The van der Waals surface area contributed by atoms with Crippen molar-refractivity contribution >= 4 is 23.6 Å². The van der Waals surface area contributed by atoms with Gasteiger partial charge in [-0.1, -0.05) is 6.07 Å². The molecule has 5 nitrogen and oxygen atoms in total. The molecule has 0 aliphatic rings. The molecule has 7 heteroatoms. The van der Waals surface area contributed by atoms with Gasteiger partial charge in [-0.3, -0.25) is 14.6 Å². The van der Waals surface area contributed by atoms with Gasteiger partial charge in [-0.15, -0.1) is 11.3 Å². The Balaban J connectivity index is 2.12. The van der Waals surface area contributed by atoms with Crippen molar-refractivity contribution in [2.24, 2.45) is 0 Å². The Morgan fingerprint density at radius 3 is 2.95 bits per heavy atom. The second kappa shape index (κ2) is 5.26. The normalized spacial score (nSPS) is 10.9. The maximum Gasteiger partial charge on any atom is 0.195 e. The molecule has 0 radical (unpaired) electrons. The largest absolute Gasteiger partial charge is 0.300 e. The Kier molecular flexibility index (Phi) is 3.45. The summed E-state index contributed by atoms with van der Waals surface area (Å²) in [5.41, 5.74) is 1.82. The second-order valence-corrected chi connectivity index (χ2v) is 5.63. The Morgan fingerprint density at radius 1 is 1.40 bits per heavy atom. The Bertz CT molecular complexity index is 785. The summed E-state index contributed by atoms with van der Waals surface area (Å²) in [4.78, 5) is 9.96. The molecule has 102 valence electrons. The first-order valence-corrected chi connectivity index (χ1v) is 7.47. The molecule has 3 rings (SSSR count). The quantitative estimate of drug-likeness (QED) is 0.753. The molecule has 0 atom stereocenters. The number of aryl methyl sites for hydroxylation is 1. The van der Waals surface area contributed by atoms with E-state index in [2.05, 4.69) is 20.2 Å². The third-order valence-electron chi connectivity index (χ3n) is 2.96. The molecule has 0 aliphatic carbocycles. The standard InChI is InChI=1S/C13H13N5S2/c1-3-18-11(16-17-13(18)19)10-8(2)15-12(20-10)9-6-4-5-7-14-9/h4-7H,3H2,1-2H3,(H,17,19). The summed E-state index contributed by atoms with van der Waals surface area (Å²) in [5, 5.41) is 8.06. The van der Waals surface area contributed by atoms with Gasteiger partial charge in [-0.05, 0) is 38.2 Å². The van der Waals surface area contributed by atoms with Gasteiger partial charge in [-0.25, -0.2) is 4.98 Å². The van der Waals surface area contributed by atoms with E-state index in [1.54, 1.807) is 17.5 Å². The summed E-state index contributed by atoms with van der Waals surface area (Å²) < 4.78 is 2.60. The first-order valence-electron chi connectivity index (χ1n) is 6.25. The lowest BCUT2D eigenvalue weighted by molar-refractivity contribution is 0.756. The van der Waals surface area contributed by atoms with Crippen molar-refractivity contribution < 1.29 is 0 Å². The summed E-state index contributed by atoms with van der Waals surface area (Å²) >= 11 is 6.82. The van der Waals surface area contributed by atoms with E-state index < -0.39 is 0 Å². The van der Waals surface area contributed by atoms with E-state index in [0.717, 1.165) is 33.6 Å². The molecule has 0 spiro atoms. The summed E-state index contributed by atoms with van der Waals surface area (Å²) in [7, 11) is 0. The predicted octanol–water partition coefficient (Wildman–Crippen LogP) is 3.45. The molecule has 0 aromatic carbocycles. The van der Waals surface area contributed by atoms with Gasteiger partial charge in [0.2, 0.25) is 0 Å². The summed E-state index contributed by atoms with van der Waals surface area (Å²) in [6, 6.07) is 5.81. The zero-order valence-electron chi connectivity index (χ0n) is 11.1. The third kappa shape index (κ3) is 2.19. The molecule has 0 aliphatic heterocycles. The molecular weight excluding hydrogens is 290 g/mol. The number of thiazole rings is 1. The maximum absolute atomic E-state index is 5.23. The minimum absolute atomic E-state index is 0.634. The Hall–Kier alpha value is -1.86. The minimum atomic E-state index is 0.634. The first-order chi connectivity index (χ1) is 9.70.